The number of nitrogens with one attached hydrogen (secondary N) is 8. The van der Waals surface area contributed by atoms with Crippen LogP contribution < -0.4 is 52.0 Å². The molecule has 4 rings (SSSR count). The molecule has 2 aromatic rings. The predicted molar refractivity (Wildman–Crippen MR) is 247 cm³/mol. The van der Waals surface area contributed by atoms with Crippen LogP contribution >= 0.6 is 0 Å². The van der Waals surface area contributed by atoms with E-state index in [1.807, 2.05) is 0 Å². The number of aromatic nitrogens is 6. The van der Waals surface area contributed by atoms with E-state index in [2.05, 4.69) is 128 Å². The van der Waals surface area contributed by atoms with E-state index in [9.17, 15) is 0 Å². The van der Waals surface area contributed by atoms with E-state index in [0.29, 0.717) is 47.9 Å². The van der Waals surface area contributed by atoms with E-state index >= 15 is 0 Å². The van der Waals surface area contributed by atoms with Gasteiger partial charge in [-0.05, 0) is 133 Å². The van der Waals surface area contributed by atoms with E-state index in [4.69, 9.17) is 9.47 Å². The molecule has 2 fully saturated rings. The van der Waals surface area contributed by atoms with Crippen molar-refractivity contribution in [3.8, 4) is 12.0 Å². The standard InChI is InChI=1S/C44H84N14O2/c1-41(2)29-33(30-42(3,4)57-41)45-23-17-11-13-19-25-47-35-51-37(55-39(53-35)59-9)49-27-21-15-16-22-28-50-38-52-36(54-40(56-38)60-10)48-26-20-14-12-18-24-46-34-31-43(5,6)58-44(7,8)32-34/h33-34,45-46,57-58H,11-32H2,1-10H3,(H2,47,49,51,53,55)(H2,48,50,52,54,56). The molecule has 2 saturated heterocycles. The number of rotatable bonds is 29. The van der Waals surface area contributed by atoms with Crippen molar-refractivity contribution in [1.29, 1.82) is 0 Å². The van der Waals surface area contributed by atoms with Crippen LogP contribution in [0.25, 0.3) is 0 Å². The lowest BCUT2D eigenvalue weighted by Crippen LogP contribution is -2.61. The smallest absolute Gasteiger partial charge is 0.322 e. The number of hydrogen-bond acceptors (Lipinski definition) is 16. The number of ether oxygens (including phenoxy) is 2. The minimum Gasteiger partial charge on any atom is -0.467 e. The van der Waals surface area contributed by atoms with Crippen LogP contribution in [0.5, 0.6) is 12.0 Å². The average Bonchev–Trinajstić information content (AvgIpc) is 3.15. The molecule has 0 aliphatic carbocycles. The fraction of sp³-hybridized carbons (Fsp3) is 0.864. The van der Waals surface area contributed by atoms with Gasteiger partial charge in [0.1, 0.15) is 0 Å². The molecule has 4 heterocycles. The predicted octanol–water partition coefficient (Wildman–Crippen LogP) is 6.90. The molecule has 0 radical (unpaired) electrons. The van der Waals surface area contributed by atoms with E-state index in [-0.39, 0.29) is 22.2 Å². The summed E-state index contributed by atoms with van der Waals surface area (Å²) in [4.78, 5) is 26.7. The monoisotopic (exact) mass is 841 g/mol. The fourth-order valence-corrected chi connectivity index (χ4v) is 9.37. The molecule has 60 heavy (non-hydrogen) atoms. The van der Waals surface area contributed by atoms with Gasteiger partial charge in [-0.15, -0.1) is 0 Å². The van der Waals surface area contributed by atoms with E-state index in [1.165, 1.54) is 64.2 Å². The summed E-state index contributed by atoms with van der Waals surface area (Å²) in [5, 5.41) is 28.6. The minimum atomic E-state index is 0.177. The van der Waals surface area contributed by atoms with Crippen LogP contribution in [0.1, 0.15) is 158 Å². The minimum absolute atomic E-state index is 0.177. The van der Waals surface area contributed by atoms with Crippen molar-refractivity contribution in [2.45, 2.75) is 192 Å². The SMILES string of the molecule is COc1nc(NCCCCCCNc2nc(NCCCCCCNC3CC(C)(C)NC(C)(C)C3)nc(OC)n2)nc(NCCCCCCNC2CC(C)(C)NC(C)(C)C2)n1. The molecule has 16 nitrogen and oxygen atoms in total. The van der Waals surface area contributed by atoms with Crippen molar-refractivity contribution in [2.75, 3.05) is 74.8 Å². The molecule has 342 valence electrons. The van der Waals surface area contributed by atoms with Crippen molar-refractivity contribution in [2.24, 2.45) is 0 Å². The molecule has 0 amide bonds. The van der Waals surface area contributed by atoms with Gasteiger partial charge in [0.2, 0.25) is 23.8 Å². The Bertz CT molecular complexity index is 1380. The lowest BCUT2D eigenvalue weighted by Gasteiger charge is -2.46. The van der Waals surface area contributed by atoms with E-state index in [1.54, 1.807) is 14.2 Å². The molecular formula is C44H84N14O2. The molecule has 16 heteroatoms. The zero-order valence-electron chi connectivity index (χ0n) is 39.2. The molecule has 0 unspecified atom stereocenters. The van der Waals surface area contributed by atoms with Gasteiger partial charge < -0.3 is 52.0 Å². The molecule has 0 atom stereocenters. The third kappa shape index (κ3) is 19.6. The molecule has 0 saturated carbocycles. The van der Waals surface area contributed by atoms with Gasteiger partial charge in [-0.3, -0.25) is 0 Å². The second-order valence-corrected chi connectivity index (χ2v) is 19.8. The molecule has 0 aromatic carbocycles. The molecule has 0 spiro atoms. The maximum atomic E-state index is 5.35. The molecular weight excluding hydrogens is 757 g/mol. The zero-order valence-corrected chi connectivity index (χ0v) is 39.2. The van der Waals surface area contributed by atoms with Gasteiger partial charge >= 0.3 is 12.0 Å². The lowest BCUT2D eigenvalue weighted by atomic mass is 9.79. The first-order valence-electron chi connectivity index (χ1n) is 23.2. The van der Waals surface area contributed by atoms with E-state index in [0.717, 1.165) is 77.8 Å². The van der Waals surface area contributed by atoms with Crippen molar-refractivity contribution in [1.82, 2.24) is 51.2 Å². The van der Waals surface area contributed by atoms with Crippen LogP contribution in [0.3, 0.4) is 0 Å². The first-order chi connectivity index (χ1) is 28.5. The average molecular weight is 841 g/mol. The second kappa shape index (κ2) is 24.3. The molecule has 2 aromatic heterocycles. The fourth-order valence-electron chi connectivity index (χ4n) is 9.37. The highest BCUT2D eigenvalue weighted by atomic mass is 16.5. The summed E-state index contributed by atoms with van der Waals surface area (Å²) < 4.78 is 10.7. The largest absolute Gasteiger partial charge is 0.467 e. The number of anilines is 4. The zero-order chi connectivity index (χ0) is 43.5. The van der Waals surface area contributed by atoms with Gasteiger partial charge in [-0.25, -0.2) is 0 Å². The molecule has 8 N–H and O–H groups in total. The Hall–Kier alpha value is -3.34. The summed E-state index contributed by atoms with van der Waals surface area (Å²) >= 11 is 0. The highest BCUT2D eigenvalue weighted by molar-refractivity contribution is 5.36. The first-order valence-corrected chi connectivity index (χ1v) is 23.2. The lowest BCUT2D eigenvalue weighted by molar-refractivity contribution is 0.145. The normalized spacial score (nSPS) is 18.5. The Balaban J connectivity index is 1.01. The van der Waals surface area contributed by atoms with Crippen LogP contribution in [0.4, 0.5) is 23.8 Å². The van der Waals surface area contributed by atoms with Crippen molar-refractivity contribution in [3.05, 3.63) is 0 Å². The number of methoxy groups -OCH3 is 2. The molecule has 2 aliphatic rings. The maximum Gasteiger partial charge on any atom is 0.322 e. The molecule has 2 aliphatic heterocycles. The number of nitrogens with zero attached hydrogens (tertiary/aromatic N) is 6. The van der Waals surface area contributed by atoms with Crippen molar-refractivity contribution >= 4 is 23.8 Å². The van der Waals surface area contributed by atoms with Gasteiger partial charge in [-0.2, -0.15) is 29.9 Å². The van der Waals surface area contributed by atoms with Crippen LogP contribution in [-0.2, 0) is 0 Å². The molecule has 0 bridgehead atoms. The highest BCUT2D eigenvalue weighted by Gasteiger charge is 2.38. The van der Waals surface area contributed by atoms with Crippen LogP contribution in [0, 0.1) is 0 Å². The Morgan fingerprint density at radius 3 is 0.900 bits per heavy atom. The van der Waals surface area contributed by atoms with Gasteiger partial charge in [0.25, 0.3) is 0 Å². The summed E-state index contributed by atoms with van der Waals surface area (Å²) in [6, 6.07) is 1.77. The van der Waals surface area contributed by atoms with Gasteiger partial charge in [0.05, 0.1) is 14.2 Å². The highest BCUT2D eigenvalue weighted by Crippen LogP contribution is 2.29. The Morgan fingerprint density at radius 1 is 0.400 bits per heavy atom. The second-order valence-electron chi connectivity index (χ2n) is 19.8. The third-order valence-corrected chi connectivity index (χ3v) is 11.3. The topological polar surface area (TPSA) is 192 Å². The number of unbranched alkanes of at least 4 members (excludes halogenated alkanes) is 9. The number of hydrogen-bond donors (Lipinski definition) is 8. The van der Waals surface area contributed by atoms with Crippen molar-refractivity contribution < 1.29 is 9.47 Å². The van der Waals surface area contributed by atoms with Crippen LogP contribution in [-0.4, -0.2) is 118 Å². The van der Waals surface area contributed by atoms with Crippen LogP contribution in [0.2, 0.25) is 0 Å². The Kier molecular flexibility index (Phi) is 20.0. The van der Waals surface area contributed by atoms with Gasteiger partial charge in [0, 0.05) is 60.4 Å². The first kappa shape index (κ1) is 49.3. The van der Waals surface area contributed by atoms with Gasteiger partial charge in [0.15, 0.2) is 0 Å². The summed E-state index contributed by atoms with van der Waals surface area (Å²) in [5.74, 6) is 2.15. The quantitative estimate of drug-likeness (QED) is 0.0394. The summed E-state index contributed by atoms with van der Waals surface area (Å²) in [5.41, 5.74) is 0.707. The van der Waals surface area contributed by atoms with E-state index < -0.39 is 0 Å². The van der Waals surface area contributed by atoms with Crippen LogP contribution in [0.15, 0.2) is 0 Å². The summed E-state index contributed by atoms with van der Waals surface area (Å²) in [6.07, 6.45) is 18.1. The Morgan fingerprint density at radius 2 is 0.650 bits per heavy atom. The summed E-state index contributed by atoms with van der Waals surface area (Å²) in [6.45, 7) is 23.8. The van der Waals surface area contributed by atoms with Crippen molar-refractivity contribution in [3.63, 3.8) is 0 Å². The summed E-state index contributed by atoms with van der Waals surface area (Å²) in [7, 11) is 3.17. The van der Waals surface area contributed by atoms with Gasteiger partial charge in [-0.1, -0.05) is 38.5 Å². The Labute approximate surface area is 362 Å². The maximum absolute atomic E-state index is 5.35. The third-order valence-electron chi connectivity index (χ3n) is 11.3. The number of piperidine rings is 2.